The van der Waals surface area contributed by atoms with Crippen molar-refractivity contribution in [3.63, 3.8) is 0 Å². The molecule has 0 aliphatic carbocycles. The Morgan fingerprint density at radius 3 is 2.92 bits per heavy atom. The van der Waals surface area contributed by atoms with E-state index in [1.807, 2.05) is 42.1 Å². The number of aromatic nitrogens is 3. The van der Waals surface area contributed by atoms with E-state index >= 15 is 0 Å². The molecule has 8 nitrogen and oxygen atoms in total. The van der Waals surface area contributed by atoms with Gasteiger partial charge in [-0.1, -0.05) is 12.1 Å². The van der Waals surface area contributed by atoms with Crippen molar-refractivity contribution in [2.45, 2.75) is 12.5 Å². The van der Waals surface area contributed by atoms with Gasteiger partial charge in [-0.25, -0.2) is 4.52 Å². The van der Waals surface area contributed by atoms with Gasteiger partial charge in [0, 0.05) is 32.4 Å². The summed E-state index contributed by atoms with van der Waals surface area (Å²) in [5.74, 6) is 0.357. The minimum Gasteiger partial charge on any atom is -0.495 e. The lowest BCUT2D eigenvalue weighted by molar-refractivity contribution is -0.117. The number of ether oxygens (including phenoxy) is 1. The molecule has 3 heterocycles. The summed E-state index contributed by atoms with van der Waals surface area (Å²) in [6.07, 6.45) is 5.41. The quantitative estimate of drug-likeness (QED) is 0.765. The van der Waals surface area contributed by atoms with Crippen molar-refractivity contribution in [1.29, 1.82) is 0 Å². The fraction of sp³-hybridized carbons (Fsp3) is 0.278. The van der Waals surface area contributed by atoms with Crippen LogP contribution in [0.4, 0.5) is 5.69 Å². The Balaban J connectivity index is 1.52. The van der Waals surface area contributed by atoms with E-state index in [1.165, 1.54) is 0 Å². The molecule has 4 rings (SSSR count). The van der Waals surface area contributed by atoms with E-state index in [4.69, 9.17) is 4.74 Å². The number of anilines is 1. The minimum absolute atomic E-state index is 0.0428. The number of nitrogens with zero attached hydrogens (tertiary/aromatic N) is 4. The molecule has 0 radical (unpaired) electrons. The number of fused-ring (bicyclic) bond motifs is 1. The molecular weight excluding hydrogens is 334 g/mol. The first-order valence-corrected chi connectivity index (χ1v) is 8.31. The Morgan fingerprint density at radius 2 is 2.12 bits per heavy atom. The maximum Gasteiger partial charge on any atom is 0.256 e. The van der Waals surface area contributed by atoms with Crippen LogP contribution < -0.4 is 15.0 Å². The highest BCUT2D eigenvalue weighted by Gasteiger charge is 2.33. The molecule has 3 aromatic rings. The molecule has 1 fully saturated rings. The van der Waals surface area contributed by atoms with Crippen LogP contribution in [0.1, 0.15) is 16.8 Å². The van der Waals surface area contributed by atoms with Crippen LogP contribution in [0.5, 0.6) is 5.75 Å². The first-order chi connectivity index (χ1) is 12.6. The summed E-state index contributed by atoms with van der Waals surface area (Å²) in [5, 5.41) is 7.13. The molecule has 0 saturated carbocycles. The number of amides is 2. The van der Waals surface area contributed by atoms with Crippen molar-refractivity contribution < 1.29 is 14.3 Å². The summed E-state index contributed by atoms with van der Waals surface area (Å²) in [4.78, 5) is 26.8. The summed E-state index contributed by atoms with van der Waals surface area (Å²) in [6, 6.07) is 7.10. The molecule has 0 bridgehead atoms. The summed E-state index contributed by atoms with van der Waals surface area (Å²) in [6.45, 7) is 0.405. The van der Waals surface area contributed by atoms with Gasteiger partial charge in [-0.05, 0) is 12.1 Å². The van der Waals surface area contributed by atoms with Crippen molar-refractivity contribution in [3.8, 4) is 5.75 Å². The normalized spacial score (nSPS) is 17.1. The number of hydrogen-bond acceptors (Lipinski definition) is 4. The minimum atomic E-state index is -0.268. The average molecular weight is 353 g/mol. The Labute approximate surface area is 150 Å². The molecule has 1 N–H and O–H groups in total. The summed E-state index contributed by atoms with van der Waals surface area (Å²) in [7, 11) is 3.43. The number of nitrogens with one attached hydrogen (secondary N) is 1. The van der Waals surface area contributed by atoms with Crippen LogP contribution in [0.15, 0.2) is 42.9 Å². The Kier molecular flexibility index (Phi) is 3.87. The van der Waals surface area contributed by atoms with Gasteiger partial charge in [0.15, 0.2) is 0 Å². The SMILES string of the molecule is COc1ccccc1N1CC(NC(=O)c2cnn3ccn(C)c23)CC1=O. The molecule has 2 aromatic heterocycles. The van der Waals surface area contributed by atoms with Gasteiger partial charge in [0.25, 0.3) is 5.91 Å². The molecule has 1 atom stereocenters. The van der Waals surface area contributed by atoms with E-state index in [0.717, 1.165) is 0 Å². The van der Waals surface area contributed by atoms with E-state index in [1.54, 1.807) is 28.9 Å². The average Bonchev–Trinajstić information content (AvgIpc) is 3.32. The van der Waals surface area contributed by atoms with E-state index in [0.29, 0.717) is 29.2 Å². The maximum absolute atomic E-state index is 12.7. The standard InChI is InChI=1S/C18H19N5O3/c1-21-7-8-23-18(21)13(10-19-23)17(25)20-12-9-16(24)22(11-12)14-5-3-4-6-15(14)26-2/h3-8,10,12H,9,11H2,1-2H3,(H,20,25). The third-order valence-electron chi connectivity index (χ3n) is 4.62. The number of rotatable bonds is 4. The van der Waals surface area contributed by atoms with Gasteiger partial charge in [-0.2, -0.15) is 5.10 Å². The van der Waals surface area contributed by atoms with Crippen LogP contribution in [-0.2, 0) is 11.8 Å². The summed E-state index contributed by atoms with van der Waals surface area (Å²) < 4.78 is 8.82. The van der Waals surface area contributed by atoms with E-state index in [2.05, 4.69) is 10.4 Å². The molecule has 134 valence electrons. The Hall–Kier alpha value is -3.29. The highest BCUT2D eigenvalue weighted by molar-refractivity contribution is 6.02. The predicted molar refractivity (Wildman–Crippen MR) is 95.4 cm³/mol. The van der Waals surface area contributed by atoms with E-state index in [-0.39, 0.29) is 24.3 Å². The molecule has 1 aromatic carbocycles. The molecule has 2 amide bonds. The second-order valence-electron chi connectivity index (χ2n) is 6.29. The lowest BCUT2D eigenvalue weighted by Crippen LogP contribution is -2.37. The zero-order valence-corrected chi connectivity index (χ0v) is 14.5. The van der Waals surface area contributed by atoms with Crippen LogP contribution in [0.3, 0.4) is 0 Å². The fourth-order valence-electron chi connectivity index (χ4n) is 3.36. The topological polar surface area (TPSA) is 80.9 Å². The smallest absolute Gasteiger partial charge is 0.256 e. The highest BCUT2D eigenvalue weighted by Crippen LogP contribution is 2.31. The van der Waals surface area contributed by atoms with Gasteiger partial charge in [0.2, 0.25) is 5.91 Å². The molecule has 0 spiro atoms. The van der Waals surface area contributed by atoms with Crippen LogP contribution in [0.25, 0.3) is 5.65 Å². The van der Waals surface area contributed by atoms with Gasteiger partial charge < -0.3 is 19.5 Å². The first kappa shape index (κ1) is 16.2. The van der Waals surface area contributed by atoms with E-state index < -0.39 is 0 Å². The van der Waals surface area contributed by atoms with Gasteiger partial charge in [-0.15, -0.1) is 0 Å². The van der Waals surface area contributed by atoms with Crippen molar-refractivity contribution >= 4 is 23.1 Å². The van der Waals surface area contributed by atoms with Crippen molar-refractivity contribution in [1.82, 2.24) is 19.5 Å². The number of para-hydroxylation sites is 2. The molecule has 1 saturated heterocycles. The highest BCUT2D eigenvalue weighted by atomic mass is 16.5. The van der Waals surface area contributed by atoms with Gasteiger partial charge in [0.1, 0.15) is 17.0 Å². The Morgan fingerprint density at radius 1 is 1.31 bits per heavy atom. The Bertz CT molecular complexity index is 990. The van der Waals surface area contributed by atoms with Crippen LogP contribution in [-0.4, -0.2) is 45.7 Å². The molecule has 1 aliphatic heterocycles. The summed E-state index contributed by atoms with van der Waals surface area (Å²) in [5.41, 5.74) is 1.92. The maximum atomic E-state index is 12.7. The second-order valence-corrected chi connectivity index (χ2v) is 6.29. The lowest BCUT2D eigenvalue weighted by Gasteiger charge is -2.19. The van der Waals surface area contributed by atoms with Crippen LogP contribution in [0, 0.1) is 0 Å². The monoisotopic (exact) mass is 353 g/mol. The summed E-state index contributed by atoms with van der Waals surface area (Å²) >= 11 is 0. The van der Waals surface area contributed by atoms with Crippen LogP contribution >= 0.6 is 0 Å². The molecule has 1 aliphatic rings. The number of benzene rings is 1. The van der Waals surface area contributed by atoms with Crippen molar-refractivity contribution in [3.05, 3.63) is 48.4 Å². The lowest BCUT2D eigenvalue weighted by atomic mass is 10.2. The van der Waals surface area contributed by atoms with Crippen molar-refractivity contribution in [2.75, 3.05) is 18.6 Å². The second kappa shape index (κ2) is 6.21. The largest absolute Gasteiger partial charge is 0.495 e. The fourth-order valence-corrected chi connectivity index (χ4v) is 3.36. The van der Waals surface area contributed by atoms with Crippen LogP contribution in [0.2, 0.25) is 0 Å². The molecular formula is C18H19N5O3. The zero-order valence-electron chi connectivity index (χ0n) is 14.5. The third kappa shape index (κ3) is 2.59. The predicted octanol–water partition coefficient (Wildman–Crippen LogP) is 1.22. The number of aryl methyl sites for hydroxylation is 1. The number of carbonyl (C=O) groups excluding carboxylic acids is 2. The van der Waals surface area contributed by atoms with Gasteiger partial charge in [0.05, 0.1) is 25.0 Å². The number of imidazole rings is 1. The van der Waals surface area contributed by atoms with Gasteiger partial charge in [-0.3, -0.25) is 9.59 Å². The number of hydrogen-bond donors (Lipinski definition) is 1. The van der Waals surface area contributed by atoms with Crippen molar-refractivity contribution in [2.24, 2.45) is 7.05 Å². The van der Waals surface area contributed by atoms with E-state index in [9.17, 15) is 9.59 Å². The first-order valence-electron chi connectivity index (χ1n) is 8.31. The molecule has 8 heteroatoms. The number of carbonyl (C=O) groups is 2. The molecule has 1 unspecified atom stereocenters. The zero-order chi connectivity index (χ0) is 18.3. The van der Waals surface area contributed by atoms with Gasteiger partial charge >= 0.3 is 0 Å². The molecule has 26 heavy (non-hydrogen) atoms. The number of methoxy groups -OCH3 is 1. The third-order valence-corrected chi connectivity index (χ3v) is 4.62.